The Bertz CT molecular complexity index is 776. The molecule has 1 rings (SSSR count). The first-order chi connectivity index (χ1) is 16.0. The molecule has 0 aliphatic carbocycles. The number of carbonyl (C=O) groups excluding carboxylic acids is 3. The van der Waals surface area contributed by atoms with E-state index in [1.165, 1.54) is 4.90 Å². The average Bonchev–Trinajstić information content (AvgIpc) is 3.25. The van der Waals surface area contributed by atoms with Gasteiger partial charge in [0.05, 0.1) is 12.5 Å². The van der Waals surface area contributed by atoms with Crippen molar-refractivity contribution in [2.24, 2.45) is 11.5 Å². The zero-order chi connectivity index (χ0) is 25.8. The number of carboxylic acids is 3. The number of likely N-dealkylation sites (tertiary alicyclic amines) is 1. The van der Waals surface area contributed by atoms with E-state index in [4.69, 9.17) is 21.7 Å². The van der Waals surface area contributed by atoms with Crippen LogP contribution in [0.15, 0.2) is 0 Å². The van der Waals surface area contributed by atoms with Gasteiger partial charge in [0.15, 0.2) is 0 Å². The zero-order valence-electron chi connectivity index (χ0n) is 18.8. The van der Waals surface area contributed by atoms with Crippen LogP contribution in [0, 0.1) is 0 Å². The van der Waals surface area contributed by atoms with Crippen LogP contribution in [-0.4, -0.2) is 93.1 Å². The Morgan fingerprint density at radius 3 is 2.18 bits per heavy atom. The van der Waals surface area contributed by atoms with Crippen molar-refractivity contribution in [1.29, 1.82) is 0 Å². The predicted octanol–water partition coefficient (Wildman–Crippen LogP) is -2.17. The molecule has 0 bridgehead atoms. The van der Waals surface area contributed by atoms with Crippen molar-refractivity contribution < 1.29 is 44.1 Å². The summed E-state index contributed by atoms with van der Waals surface area (Å²) >= 11 is 0. The van der Waals surface area contributed by atoms with Crippen LogP contribution < -0.4 is 22.1 Å². The molecule has 0 aromatic heterocycles. The first-order valence-corrected chi connectivity index (χ1v) is 11.0. The number of nitrogens with two attached hydrogens (primary N) is 2. The second kappa shape index (κ2) is 14.1. The van der Waals surface area contributed by atoms with Gasteiger partial charge in [-0.2, -0.15) is 0 Å². The third kappa shape index (κ3) is 9.31. The first-order valence-electron chi connectivity index (χ1n) is 11.0. The van der Waals surface area contributed by atoms with Gasteiger partial charge in [0, 0.05) is 13.0 Å². The molecule has 1 heterocycles. The minimum absolute atomic E-state index is 0.0940. The topological polar surface area (TPSA) is 242 Å². The Kier molecular flexibility index (Phi) is 11.9. The summed E-state index contributed by atoms with van der Waals surface area (Å²) in [5.74, 6) is -6.15. The van der Waals surface area contributed by atoms with Crippen LogP contribution >= 0.6 is 0 Å². The Hall–Kier alpha value is -3.26. The van der Waals surface area contributed by atoms with Crippen molar-refractivity contribution in [1.82, 2.24) is 15.5 Å². The molecular formula is C20H33N5O9. The highest BCUT2D eigenvalue weighted by Gasteiger charge is 2.38. The molecule has 192 valence electrons. The Morgan fingerprint density at radius 2 is 1.62 bits per heavy atom. The van der Waals surface area contributed by atoms with E-state index in [9.17, 15) is 33.9 Å². The minimum atomic E-state index is -1.68. The first kappa shape index (κ1) is 28.8. The molecule has 0 radical (unpaired) electrons. The largest absolute Gasteiger partial charge is 0.481 e. The Labute approximate surface area is 196 Å². The summed E-state index contributed by atoms with van der Waals surface area (Å²) in [4.78, 5) is 72.4. The molecule has 4 unspecified atom stereocenters. The van der Waals surface area contributed by atoms with E-state index in [1.54, 1.807) is 0 Å². The van der Waals surface area contributed by atoms with Gasteiger partial charge in [0.1, 0.15) is 18.1 Å². The van der Waals surface area contributed by atoms with E-state index in [2.05, 4.69) is 10.6 Å². The number of carbonyl (C=O) groups is 6. The lowest BCUT2D eigenvalue weighted by Gasteiger charge is -2.28. The molecule has 14 heteroatoms. The van der Waals surface area contributed by atoms with Gasteiger partial charge in [-0.05, 0) is 45.1 Å². The number of aliphatic carboxylic acids is 3. The normalized spacial score (nSPS) is 17.9. The quantitative estimate of drug-likeness (QED) is 0.122. The maximum absolute atomic E-state index is 12.9. The van der Waals surface area contributed by atoms with Crippen molar-refractivity contribution >= 4 is 35.6 Å². The van der Waals surface area contributed by atoms with Gasteiger partial charge < -0.3 is 42.3 Å². The van der Waals surface area contributed by atoms with Crippen LogP contribution in [0.3, 0.4) is 0 Å². The van der Waals surface area contributed by atoms with E-state index >= 15 is 0 Å². The van der Waals surface area contributed by atoms with Crippen LogP contribution in [0.4, 0.5) is 0 Å². The summed E-state index contributed by atoms with van der Waals surface area (Å²) in [5, 5.41) is 31.5. The summed E-state index contributed by atoms with van der Waals surface area (Å²) in [7, 11) is 0. The zero-order valence-corrected chi connectivity index (χ0v) is 18.8. The third-order valence-electron chi connectivity index (χ3n) is 5.40. The number of carboxylic acid groups (broad SMARTS) is 3. The Balaban J connectivity index is 2.90. The molecule has 3 amide bonds. The molecule has 0 saturated carbocycles. The van der Waals surface area contributed by atoms with Crippen LogP contribution in [0.1, 0.15) is 51.4 Å². The van der Waals surface area contributed by atoms with Gasteiger partial charge in [-0.3, -0.25) is 24.0 Å². The lowest BCUT2D eigenvalue weighted by Crippen LogP contribution is -2.56. The van der Waals surface area contributed by atoms with Crippen LogP contribution in [0.2, 0.25) is 0 Å². The summed E-state index contributed by atoms with van der Waals surface area (Å²) in [5.41, 5.74) is 11.3. The fourth-order valence-electron chi connectivity index (χ4n) is 3.60. The number of amides is 3. The highest BCUT2D eigenvalue weighted by molar-refractivity contribution is 5.95. The molecule has 1 aliphatic rings. The van der Waals surface area contributed by atoms with Crippen molar-refractivity contribution in [2.45, 2.75) is 75.5 Å². The third-order valence-corrected chi connectivity index (χ3v) is 5.40. The molecule has 0 aromatic rings. The maximum Gasteiger partial charge on any atom is 0.326 e. The molecule has 1 fully saturated rings. The highest BCUT2D eigenvalue weighted by Crippen LogP contribution is 2.20. The Morgan fingerprint density at radius 1 is 0.941 bits per heavy atom. The standard InChI is InChI=1S/C20H33N5O9/c21-8-2-1-4-12(17(30)24-13(20(33)34)10-16(28)29)23-18(31)14-5-3-9-25(14)19(32)11(22)6-7-15(26)27/h11-14H,1-10,21-22H2,(H,23,31)(H,24,30)(H,26,27)(H,28,29)(H,33,34). The molecular weight excluding hydrogens is 454 g/mol. The van der Waals surface area contributed by atoms with E-state index in [-0.39, 0.29) is 25.8 Å². The summed E-state index contributed by atoms with van der Waals surface area (Å²) in [6.45, 7) is 0.569. The fourth-order valence-corrected chi connectivity index (χ4v) is 3.60. The van der Waals surface area contributed by atoms with E-state index in [1.807, 2.05) is 0 Å². The number of hydrogen-bond acceptors (Lipinski definition) is 8. The van der Waals surface area contributed by atoms with Crippen molar-refractivity contribution in [3.05, 3.63) is 0 Å². The summed E-state index contributed by atoms with van der Waals surface area (Å²) < 4.78 is 0. The lowest BCUT2D eigenvalue weighted by atomic mass is 10.1. The maximum atomic E-state index is 12.9. The van der Waals surface area contributed by atoms with E-state index in [0.717, 1.165) is 0 Å². The molecule has 0 aromatic carbocycles. The molecule has 1 aliphatic heterocycles. The number of nitrogens with zero attached hydrogens (tertiary/aromatic N) is 1. The van der Waals surface area contributed by atoms with Crippen LogP contribution in [0.25, 0.3) is 0 Å². The fraction of sp³-hybridized carbons (Fsp3) is 0.700. The molecule has 0 spiro atoms. The smallest absolute Gasteiger partial charge is 0.326 e. The second-order valence-corrected chi connectivity index (χ2v) is 8.07. The van der Waals surface area contributed by atoms with Crippen molar-refractivity contribution in [2.75, 3.05) is 13.1 Å². The van der Waals surface area contributed by atoms with Gasteiger partial charge in [0.2, 0.25) is 17.7 Å². The van der Waals surface area contributed by atoms with Gasteiger partial charge in [-0.25, -0.2) is 4.79 Å². The second-order valence-electron chi connectivity index (χ2n) is 8.07. The van der Waals surface area contributed by atoms with E-state index in [0.29, 0.717) is 32.2 Å². The van der Waals surface area contributed by atoms with Gasteiger partial charge in [-0.15, -0.1) is 0 Å². The van der Waals surface area contributed by atoms with Crippen molar-refractivity contribution in [3.63, 3.8) is 0 Å². The van der Waals surface area contributed by atoms with Crippen molar-refractivity contribution in [3.8, 4) is 0 Å². The number of unbranched alkanes of at least 4 members (excludes halogenated alkanes) is 1. The molecule has 1 saturated heterocycles. The molecule has 4 atom stereocenters. The molecule has 9 N–H and O–H groups in total. The van der Waals surface area contributed by atoms with Gasteiger partial charge in [0.25, 0.3) is 0 Å². The minimum Gasteiger partial charge on any atom is -0.481 e. The number of hydrogen-bond donors (Lipinski definition) is 7. The lowest BCUT2D eigenvalue weighted by molar-refractivity contribution is -0.147. The molecule has 14 nitrogen and oxygen atoms in total. The number of nitrogens with one attached hydrogen (secondary N) is 2. The summed E-state index contributed by atoms with van der Waals surface area (Å²) in [6.07, 6.45) is 0.640. The SMILES string of the molecule is NCCCCC(NC(=O)C1CCCN1C(=O)C(N)CCC(=O)O)C(=O)NC(CC(=O)O)C(=O)O. The van der Waals surface area contributed by atoms with Crippen LogP contribution in [0.5, 0.6) is 0 Å². The summed E-state index contributed by atoms with van der Waals surface area (Å²) in [6, 6.07) is -4.88. The van der Waals surface area contributed by atoms with Crippen LogP contribution in [-0.2, 0) is 28.8 Å². The molecule has 34 heavy (non-hydrogen) atoms. The van der Waals surface area contributed by atoms with E-state index < -0.39 is 66.2 Å². The number of rotatable bonds is 15. The van der Waals surface area contributed by atoms with Gasteiger partial charge >= 0.3 is 17.9 Å². The highest BCUT2D eigenvalue weighted by atomic mass is 16.4. The van der Waals surface area contributed by atoms with Gasteiger partial charge in [-0.1, -0.05) is 0 Å². The average molecular weight is 488 g/mol. The predicted molar refractivity (Wildman–Crippen MR) is 116 cm³/mol. The monoisotopic (exact) mass is 487 g/mol.